The monoisotopic (exact) mass is 361 g/mol. The first-order valence-corrected chi connectivity index (χ1v) is 7.76. The number of nitrogens with zero attached hydrogens (tertiary/aromatic N) is 1. The number of hydrogen-bond donors (Lipinski definition) is 0. The molecule has 8 heteroatoms. The minimum atomic E-state index is -4.78. The molecule has 0 unspecified atom stereocenters. The molecule has 0 radical (unpaired) electrons. The van der Waals surface area contributed by atoms with Gasteiger partial charge >= 0.3 is 12.3 Å². The zero-order chi connectivity index (χ0) is 19.0. The van der Waals surface area contributed by atoms with Crippen LogP contribution >= 0.6 is 0 Å². The minimum absolute atomic E-state index is 0.131. The van der Waals surface area contributed by atoms with Gasteiger partial charge in [0, 0.05) is 13.0 Å². The molecule has 1 amide bonds. The molecule has 1 aliphatic heterocycles. The summed E-state index contributed by atoms with van der Waals surface area (Å²) in [4.78, 5) is 25.5. The van der Waals surface area contributed by atoms with E-state index >= 15 is 0 Å². The van der Waals surface area contributed by atoms with Gasteiger partial charge in [0.05, 0.1) is 11.6 Å². The number of benzene rings is 1. The topological polar surface area (TPSA) is 46.6 Å². The Morgan fingerprint density at radius 2 is 1.88 bits per heavy atom. The smallest absolute Gasteiger partial charge is 0.419 e. The fraction of sp³-hybridized carbons (Fsp3) is 0.529. The number of likely N-dealkylation sites (tertiary alicyclic amines) is 1. The molecule has 0 saturated carbocycles. The van der Waals surface area contributed by atoms with Crippen molar-refractivity contribution < 1.29 is 31.9 Å². The lowest BCUT2D eigenvalue weighted by Crippen LogP contribution is -2.56. The van der Waals surface area contributed by atoms with Crippen LogP contribution in [0.3, 0.4) is 0 Å². The van der Waals surface area contributed by atoms with Crippen LogP contribution in [-0.4, -0.2) is 35.0 Å². The fourth-order valence-electron chi connectivity index (χ4n) is 2.48. The van der Waals surface area contributed by atoms with E-state index in [9.17, 15) is 27.2 Å². The van der Waals surface area contributed by atoms with Gasteiger partial charge in [0.15, 0.2) is 5.78 Å². The second-order valence-electron chi connectivity index (χ2n) is 6.93. The first-order chi connectivity index (χ1) is 11.4. The molecule has 1 heterocycles. The fourth-order valence-corrected chi connectivity index (χ4v) is 2.48. The van der Waals surface area contributed by atoms with Crippen molar-refractivity contribution in [3.8, 4) is 0 Å². The van der Waals surface area contributed by atoms with Gasteiger partial charge in [0.1, 0.15) is 11.4 Å². The molecule has 4 nitrogen and oxygen atoms in total. The number of ether oxygens (including phenoxy) is 1. The highest BCUT2D eigenvalue weighted by atomic mass is 19.4. The molecule has 0 N–H and O–H groups in total. The SMILES string of the molecule is CC(C)(C)OC(=O)N1CC[C@H]1C(=O)Cc1ccc(C(F)(F)F)c(F)c1. The Morgan fingerprint density at radius 1 is 1.24 bits per heavy atom. The average Bonchev–Trinajstić information content (AvgIpc) is 2.32. The van der Waals surface area contributed by atoms with Crippen LogP contribution in [0.1, 0.15) is 38.3 Å². The highest BCUT2D eigenvalue weighted by Crippen LogP contribution is 2.32. The quantitative estimate of drug-likeness (QED) is 0.766. The minimum Gasteiger partial charge on any atom is -0.444 e. The standard InChI is InChI=1S/C17H19F4NO3/c1-16(2,3)25-15(24)22-7-6-13(22)14(23)9-10-4-5-11(12(18)8-10)17(19,20)21/h4-5,8,13H,6-7,9H2,1-3H3/t13-/m0/s1. The van der Waals surface area contributed by atoms with E-state index in [2.05, 4.69) is 0 Å². The Morgan fingerprint density at radius 3 is 2.32 bits per heavy atom. The van der Waals surface area contributed by atoms with Crippen molar-refractivity contribution in [2.45, 2.75) is 51.4 Å². The first kappa shape index (κ1) is 19.2. The van der Waals surface area contributed by atoms with Crippen LogP contribution in [0.2, 0.25) is 0 Å². The van der Waals surface area contributed by atoms with Gasteiger partial charge < -0.3 is 4.74 Å². The van der Waals surface area contributed by atoms with Gasteiger partial charge in [-0.1, -0.05) is 6.07 Å². The maximum atomic E-state index is 13.6. The predicted octanol–water partition coefficient (Wildman–Crippen LogP) is 3.97. The summed E-state index contributed by atoms with van der Waals surface area (Å²) in [6, 6.07) is 1.70. The lowest BCUT2D eigenvalue weighted by Gasteiger charge is -2.40. The van der Waals surface area contributed by atoms with E-state index < -0.39 is 35.3 Å². The maximum absolute atomic E-state index is 13.6. The van der Waals surface area contributed by atoms with Crippen molar-refractivity contribution >= 4 is 11.9 Å². The van der Waals surface area contributed by atoms with E-state index in [0.29, 0.717) is 25.1 Å². The summed E-state index contributed by atoms with van der Waals surface area (Å²) in [7, 11) is 0. The molecule has 0 spiro atoms. The Labute approximate surface area is 142 Å². The van der Waals surface area contributed by atoms with E-state index in [0.717, 1.165) is 6.07 Å². The summed E-state index contributed by atoms with van der Waals surface area (Å²) < 4.78 is 56.4. The third-order valence-corrected chi connectivity index (χ3v) is 3.74. The zero-order valence-corrected chi connectivity index (χ0v) is 14.1. The van der Waals surface area contributed by atoms with Crippen LogP contribution in [0.5, 0.6) is 0 Å². The largest absolute Gasteiger partial charge is 0.444 e. The number of carbonyl (C=O) groups excluding carboxylic acids is 2. The molecule has 1 aromatic carbocycles. The molecule has 25 heavy (non-hydrogen) atoms. The summed E-state index contributed by atoms with van der Waals surface area (Å²) >= 11 is 0. The molecule has 1 aliphatic rings. The molecule has 0 bridgehead atoms. The third-order valence-electron chi connectivity index (χ3n) is 3.74. The zero-order valence-electron chi connectivity index (χ0n) is 14.1. The highest BCUT2D eigenvalue weighted by molar-refractivity contribution is 5.90. The molecular formula is C17H19F4NO3. The average molecular weight is 361 g/mol. The van der Waals surface area contributed by atoms with Gasteiger partial charge in [-0.2, -0.15) is 13.2 Å². The van der Waals surface area contributed by atoms with E-state index in [-0.39, 0.29) is 17.8 Å². The summed E-state index contributed by atoms with van der Waals surface area (Å²) in [6.45, 7) is 5.47. The number of carbonyl (C=O) groups is 2. The number of rotatable bonds is 3. The van der Waals surface area contributed by atoms with Crippen molar-refractivity contribution in [2.24, 2.45) is 0 Å². The van der Waals surface area contributed by atoms with Gasteiger partial charge in [-0.3, -0.25) is 9.69 Å². The molecular weight excluding hydrogens is 342 g/mol. The molecule has 2 rings (SSSR count). The number of Topliss-reactive ketones (excluding diaryl/α,β-unsaturated/α-hetero) is 1. The predicted molar refractivity (Wildman–Crippen MR) is 81.5 cm³/mol. The van der Waals surface area contributed by atoms with Crippen LogP contribution in [0.25, 0.3) is 0 Å². The number of hydrogen-bond acceptors (Lipinski definition) is 3. The number of amides is 1. The first-order valence-electron chi connectivity index (χ1n) is 7.76. The van der Waals surface area contributed by atoms with E-state index in [1.165, 1.54) is 4.90 Å². The van der Waals surface area contributed by atoms with Gasteiger partial charge in [-0.15, -0.1) is 0 Å². The number of ketones is 1. The molecule has 138 valence electrons. The van der Waals surface area contributed by atoms with Crippen molar-refractivity contribution in [1.82, 2.24) is 4.90 Å². The second-order valence-corrected chi connectivity index (χ2v) is 6.93. The maximum Gasteiger partial charge on any atom is 0.419 e. The Kier molecular flexibility index (Phi) is 5.11. The van der Waals surface area contributed by atoms with Gasteiger partial charge in [-0.25, -0.2) is 9.18 Å². The second kappa shape index (κ2) is 6.65. The van der Waals surface area contributed by atoms with Crippen molar-refractivity contribution in [3.05, 3.63) is 35.1 Å². The Bertz CT molecular complexity index is 679. The van der Waals surface area contributed by atoms with Crippen molar-refractivity contribution in [2.75, 3.05) is 6.54 Å². The molecule has 1 aromatic rings. The summed E-state index contributed by atoms with van der Waals surface area (Å²) in [5.74, 6) is -1.79. The summed E-state index contributed by atoms with van der Waals surface area (Å²) in [6.07, 6.45) is -5.20. The molecule has 1 atom stereocenters. The van der Waals surface area contributed by atoms with E-state index in [1.807, 2.05) is 0 Å². The van der Waals surface area contributed by atoms with E-state index in [1.54, 1.807) is 20.8 Å². The third kappa shape index (κ3) is 4.70. The normalized spacial score (nSPS) is 17.9. The molecule has 1 fully saturated rings. The summed E-state index contributed by atoms with van der Waals surface area (Å²) in [5.41, 5.74) is -1.94. The Hall–Kier alpha value is -2.12. The lowest BCUT2D eigenvalue weighted by atomic mass is 9.94. The highest BCUT2D eigenvalue weighted by Gasteiger charge is 2.39. The molecule has 1 saturated heterocycles. The van der Waals surface area contributed by atoms with Crippen LogP contribution in [0.15, 0.2) is 18.2 Å². The van der Waals surface area contributed by atoms with Gasteiger partial charge in [0.2, 0.25) is 0 Å². The Balaban J connectivity index is 2.03. The van der Waals surface area contributed by atoms with Crippen molar-refractivity contribution in [1.29, 1.82) is 0 Å². The number of halogens is 4. The molecule has 0 aromatic heterocycles. The van der Waals surface area contributed by atoms with Crippen LogP contribution in [0.4, 0.5) is 22.4 Å². The molecule has 0 aliphatic carbocycles. The van der Waals surface area contributed by atoms with Crippen LogP contribution in [0, 0.1) is 5.82 Å². The number of alkyl halides is 3. The van der Waals surface area contributed by atoms with Crippen molar-refractivity contribution in [3.63, 3.8) is 0 Å². The van der Waals surface area contributed by atoms with Gasteiger partial charge in [-0.05, 0) is 44.9 Å². The lowest BCUT2D eigenvalue weighted by molar-refractivity contribution is -0.140. The van der Waals surface area contributed by atoms with Crippen LogP contribution in [-0.2, 0) is 22.1 Å². The van der Waals surface area contributed by atoms with Gasteiger partial charge in [0.25, 0.3) is 0 Å². The van der Waals surface area contributed by atoms with Crippen LogP contribution < -0.4 is 0 Å². The summed E-state index contributed by atoms with van der Waals surface area (Å²) in [5, 5.41) is 0. The van der Waals surface area contributed by atoms with E-state index in [4.69, 9.17) is 4.74 Å².